The molecule has 2 aliphatic rings. The molecule has 0 aromatic carbocycles. The first-order valence-corrected chi connectivity index (χ1v) is 7.51. The first kappa shape index (κ1) is 14.3. The fraction of sp³-hybridized carbons (Fsp3) is 0.857. The van der Waals surface area contributed by atoms with Crippen molar-refractivity contribution in [3.8, 4) is 0 Å². The van der Waals surface area contributed by atoms with Crippen LogP contribution >= 0.6 is 0 Å². The predicted molar refractivity (Wildman–Crippen MR) is 73.6 cm³/mol. The number of hydrogen-bond acceptors (Lipinski definition) is 3. The van der Waals surface area contributed by atoms with Gasteiger partial charge in [-0.05, 0) is 51.1 Å². The third-order valence-electron chi connectivity index (χ3n) is 3.86. The second kappa shape index (κ2) is 7.48. The van der Waals surface area contributed by atoms with Crippen LogP contribution in [0.5, 0.6) is 0 Å². The van der Waals surface area contributed by atoms with Crippen LogP contribution in [0.3, 0.4) is 0 Å². The van der Waals surface area contributed by atoms with E-state index in [9.17, 15) is 9.59 Å². The monoisotopic (exact) mass is 267 g/mol. The Hall–Kier alpha value is -1.10. The van der Waals surface area contributed by atoms with Crippen LogP contribution in [-0.4, -0.2) is 37.5 Å². The lowest BCUT2D eigenvalue weighted by molar-refractivity contribution is -0.122. The van der Waals surface area contributed by atoms with Gasteiger partial charge in [0.1, 0.15) is 0 Å². The molecule has 5 heteroatoms. The third kappa shape index (κ3) is 6.05. The van der Waals surface area contributed by atoms with E-state index in [1.807, 2.05) is 0 Å². The normalized spacial score (nSPS) is 20.0. The standard InChI is InChI=1S/C14H25N3O2/c18-13(4-1-11-5-8-15-9-6-11)16-10-7-14(19)17-12-2-3-12/h11-12,15H,1-10H2,(H,16,18)(H,17,19). The molecule has 108 valence electrons. The molecule has 1 aliphatic heterocycles. The Morgan fingerprint density at radius 2 is 1.74 bits per heavy atom. The average molecular weight is 267 g/mol. The first-order valence-electron chi connectivity index (χ1n) is 7.51. The van der Waals surface area contributed by atoms with Crippen LogP contribution < -0.4 is 16.0 Å². The van der Waals surface area contributed by atoms with Crippen LogP contribution in [0.1, 0.15) is 44.9 Å². The topological polar surface area (TPSA) is 70.2 Å². The smallest absolute Gasteiger partial charge is 0.221 e. The van der Waals surface area contributed by atoms with Gasteiger partial charge in [-0.1, -0.05) is 0 Å². The van der Waals surface area contributed by atoms with E-state index in [4.69, 9.17) is 0 Å². The molecule has 0 spiro atoms. The summed E-state index contributed by atoms with van der Waals surface area (Å²) >= 11 is 0. The van der Waals surface area contributed by atoms with Crippen molar-refractivity contribution in [2.75, 3.05) is 19.6 Å². The molecule has 19 heavy (non-hydrogen) atoms. The van der Waals surface area contributed by atoms with Crippen molar-refractivity contribution in [1.82, 2.24) is 16.0 Å². The van der Waals surface area contributed by atoms with Gasteiger partial charge in [0.15, 0.2) is 0 Å². The Balaban J connectivity index is 1.47. The minimum Gasteiger partial charge on any atom is -0.356 e. The molecule has 0 aromatic heterocycles. The number of piperidine rings is 1. The molecule has 1 aliphatic carbocycles. The molecule has 0 atom stereocenters. The number of nitrogens with one attached hydrogen (secondary N) is 3. The lowest BCUT2D eigenvalue weighted by atomic mass is 9.93. The van der Waals surface area contributed by atoms with Gasteiger partial charge < -0.3 is 16.0 Å². The Bertz CT molecular complexity index is 310. The summed E-state index contributed by atoms with van der Waals surface area (Å²) in [5.41, 5.74) is 0. The molecule has 1 saturated carbocycles. The molecule has 1 heterocycles. The Morgan fingerprint density at radius 1 is 1.00 bits per heavy atom. The highest BCUT2D eigenvalue weighted by Crippen LogP contribution is 2.18. The molecule has 0 aromatic rings. The van der Waals surface area contributed by atoms with Gasteiger partial charge in [0.2, 0.25) is 11.8 Å². The van der Waals surface area contributed by atoms with E-state index in [0.717, 1.165) is 32.4 Å². The molecule has 0 unspecified atom stereocenters. The second-order valence-corrected chi connectivity index (χ2v) is 5.67. The molecule has 2 rings (SSSR count). The Labute approximate surface area is 114 Å². The van der Waals surface area contributed by atoms with Gasteiger partial charge in [-0.25, -0.2) is 0 Å². The highest BCUT2D eigenvalue weighted by Gasteiger charge is 2.22. The number of amides is 2. The van der Waals surface area contributed by atoms with Gasteiger partial charge in [0.25, 0.3) is 0 Å². The van der Waals surface area contributed by atoms with E-state index in [1.165, 1.54) is 12.8 Å². The Kier molecular flexibility index (Phi) is 5.63. The van der Waals surface area contributed by atoms with Gasteiger partial charge in [0.05, 0.1) is 0 Å². The van der Waals surface area contributed by atoms with Crippen LogP contribution in [0.2, 0.25) is 0 Å². The number of carbonyl (C=O) groups excluding carboxylic acids is 2. The van der Waals surface area contributed by atoms with E-state index in [2.05, 4.69) is 16.0 Å². The summed E-state index contributed by atoms with van der Waals surface area (Å²) < 4.78 is 0. The van der Waals surface area contributed by atoms with Crippen molar-refractivity contribution in [2.24, 2.45) is 5.92 Å². The van der Waals surface area contributed by atoms with E-state index in [0.29, 0.717) is 31.3 Å². The number of hydrogen-bond donors (Lipinski definition) is 3. The highest BCUT2D eigenvalue weighted by molar-refractivity contribution is 5.79. The fourth-order valence-corrected chi connectivity index (χ4v) is 2.44. The van der Waals surface area contributed by atoms with Gasteiger partial charge in [-0.15, -0.1) is 0 Å². The van der Waals surface area contributed by atoms with E-state index < -0.39 is 0 Å². The molecule has 0 radical (unpaired) electrons. The summed E-state index contributed by atoms with van der Waals surface area (Å²) in [5.74, 6) is 0.823. The molecule has 0 bridgehead atoms. The summed E-state index contributed by atoms with van der Waals surface area (Å²) in [7, 11) is 0. The minimum atomic E-state index is 0.0566. The second-order valence-electron chi connectivity index (χ2n) is 5.67. The van der Waals surface area contributed by atoms with E-state index in [1.54, 1.807) is 0 Å². The zero-order valence-electron chi connectivity index (χ0n) is 11.5. The quantitative estimate of drug-likeness (QED) is 0.631. The van der Waals surface area contributed by atoms with Crippen LogP contribution in [0, 0.1) is 5.92 Å². The maximum absolute atomic E-state index is 11.6. The van der Waals surface area contributed by atoms with Gasteiger partial charge in [0, 0.05) is 25.4 Å². The molecular weight excluding hydrogens is 242 g/mol. The van der Waals surface area contributed by atoms with Crippen molar-refractivity contribution in [1.29, 1.82) is 0 Å². The van der Waals surface area contributed by atoms with Gasteiger partial charge in [-0.2, -0.15) is 0 Å². The van der Waals surface area contributed by atoms with Gasteiger partial charge in [-0.3, -0.25) is 9.59 Å². The maximum atomic E-state index is 11.6. The van der Waals surface area contributed by atoms with Gasteiger partial charge >= 0.3 is 0 Å². The van der Waals surface area contributed by atoms with E-state index >= 15 is 0 Å². The summed E-state index contributed by atoms with van der Waals surface area (Å²) in [6.45, 7) is 2.62. The zero-order chi connectivity index (χ0) is 13.5. The molecule has 1 saturated heterocycles. The summed E-state index contributed by atoms with van der Waals surface area (Å²) in [5, 5.41) is 9.07. The maximum Gasteiger partial charge on any atom is 0.221 e. The highest BCUT2D eigenvalue weighted by atomic mass is 16.2. The van der Waals surface area contributed by atoms with Crippen molar-refractivity contribution in [3.63, 3.8) is 0 Å². The summed E-state index contributed by atoms with van der Waals surface area (Å²) in [6.07, 6.45) is 6.53. The predicted octanol–water partition coefficient (Wildman–Crippen LogP) is 0.551. The third-order valence-corrected chi connectivity index (χ3v) is 3.86. The van der Waals surface area contributed by atoms with Crippen LogP contribution in [-0.2, 0) is 9.59 Å². The first-order chi connectivity index (χ1) is 9.24. The molecule has 2 fully saturated rings. The van der Waals surface area contributed by atoms with Crippen molar-refractivity contribution in [2.45, 2.75) is 51.0 Å². The lowest BCUT2D eigenvalue weighted by Crippen LogP contribution is -2.32. The lowest BCUT2D eigenvalue weighted by Gasteiger charge is -2.22. The van der Waals surface area contributed by atoms with E-state index in [-0.39, 0.29) is 11.8 Å². The minimum absolute atomic E-state index is 0.0566. The van der Waals surface area contributed by atoms with Crippen LogP contribution in [0.4, 0.5) is 0 Å². The zero-order valence-corrected chi connectivity index (χ0v) is 11.5. The molecule has 2 amide bonds. The fourth-order valence-electron chi connectivity index (χ4n) is 2.44. The van der Waals surface area contributed by atoms with Crippen molar-refractivity contribution >= 4 is 11.8 Å². The number of carbonyl (C=O) groups is 2. The molecular formula is C14H25N3O2. The van der Waals surface area contributed by atoms with Crippen molar-refractivity contribution < 1.29 is 9.59 Å². The average Bonchev–Trinajstić information content (AvgIpc) is 3.21. The Morgan fingerprint density at radius 3 is 2.42 bits per heavy atom. The van der Waals surface area contributed by atoms with Crippen LogP contribution in [0.15, 0.2) is 0 Å². The summed E-state index contributed by atoms with van der Waals surface area (Å²) in [6, 6.07) is 0.406. The van der Waals surface area contributed by atoms with Crippen LogP contribution in [0.25, 0.3) is 0 Å². The largest absolute Gasteiger partial charge is 0.356 e. The number of rotatable bonds is 7. The summed E-state index contributed by atoms with van der Waals surface area (Å²) in [4.78, 5) is 23.1. The van der Waals surface area contributed by atoms with Crippen molar-refractivity contribution in [3.05, 3.63) is 0 Å². The molecule has 3 N–H and O–H groups in total. The SMILES string of the molecule is O=C(CCC1CCNCC1)NCCC(=O)NC1CC1. The molecule has 5 nitrogen and oxygen atoms in total.